The van der Waals surface area contributed by atoms with E-state index in [0.29, 0.717) is 17.9 Å². The number of allylic oxidation sites excluding steroid dienone is 7. The van der Waals surface area contributed by atoms with E-state index in [9.17, 15) is 0 Å². The molecule has 1 aromatic heterocycles. The third-order valence-corrected chi connectivity index (χ3v) is 11.9. The van der Waals surface area contributed by atoms with Crippen molar-refractivity contribution in [3.8, 4) is 0 Å². The summed E-state index contributed by atoms with van der Waals surface area (Å²) in [5, 5.41) is 4.07. The lowest BCUT2D eigenvalue weighted by Gasteiger charge is -2.35. The Balaban J connectivity index is 0.958. The van der Waals surface area contributed by atoms with Crippen molar-refractivity contribution in [2.75, 3.05) is 9.80 Å². The van der Waals surface area contributed by atoms with Crippen LogP contribution < -0.4 is 20.4 Å². The molecule has 0 saturated carbocycles. The molecule has 4 aromatic carbocycles. The molecule has 246 valence electrons. The smallest absolute Gasteiger partial charge is 0.0634 e. The van der Waals surface area contributed by atoms with Crippen molar-refractivity contribution in [1.29, 1.82) is 0 Å². The van der Waals surface area contributed by atoms with E-state index in [1.54, 1.807) is 0 Å². The number of para-hydroxylation sites is 4. The monoisotopic (exact) mass is 657 g/mol. The summed E-state index contributed by atoms with van der Waals surface area (Å²) < 4.78 is 2.48. The molecule has 0 N–H and O–H groups in total. The second-order valence-electron chi connectivity index (χ2n) is 14.6. The summed E-state index contributed by atoms with van der Waals surface area (Å²) in [4.78, 5) is 5.16. The molecular formula is C48H39N3. The first-order valence-electron chi connectivity index (χ1n) is 18.6. The number of aromatic nitrogens is 1. The predicted octanol–water partition coefficient (Wildman–Crippen LogP) is 9.77. The minimum atomic E-state index is 0.253. The van der Waals surface area contributed by atoms with E-state index in [2.05, 4.69) is 178 Å². The molecule has 0 radical (unpaired) electrons. The average Bonchev–Trinajstić information content (AvgIpc) is 3.83. The lowest BCUT2D eigenvalue weighted by atomic mass is 9.82. The number of benzene rings is 4. The first-order valence-corrected chi connectivity index (χ1v) is 18.6. The molecule has 2 aliphatic heterocycles. The SMILES string of the molecule is C1=CC(n2c3c(c4ccccc42)=CC(C2=CC4c5ccccc5N(C5=CCC6C(=C5)c5ccccc5N6c5ccccc5)C4C=C2)CC=3)=CCC1. The van der Waals surface area contributed by atoms with E-state index in [1.807, 2.05) is 0 Å². The summed E-state index contributed by atoms with van der Waals surface area (Å²) in [6, 6.07) is 38.4. The Kier molecular flexibility index (Phi) is 6.46. The molecule has 6 aliphatic rings. The third kappa shape index (κ3) is 4.37. The van der Waals surface area contributed by atoms with Gasteiger partial charge in [-0.1, -0.05) is 121 Å². The predicted molar refractivity (Wildman–Crippen MR) is 213 cm³/mol. The fraction of sp³-hybridized carbons (Fsp3) is 0.167. The fourth-order valence-electron chi connectivity index (χ4n) is 9.71. The highest BCUT2D eigenvalue weighted by molar-refractivity contribution is 5.94. The highest BCUT2D eigenvalue weighted by Crippen LogP contribution is 2.52. The maximum atomic E-state index is 2.62. The van der Waals surface area contributed by atoms with Crippen LogP contribution in [0.1, 0.15) is 42.7 Å². The average molecular weight is 658 g/mol. The van der Waals surface area contributed by atoms with Gasteiger partial charge in [-0.15, -0.1) is 0 Å². The zero-order valence-electron chi connectivity index (χ0n) is 28.6. The molecule has 0 fully saturated rings. The number of hydrogen-bond donors (Lipinski definition) is 0. The van der Waals surface area contributed by atoms with E-state index in [-0.39, 0.29) is 6.04 Å². The van der Waals surface area contributed by atoms with Crippen molar-refractivity contribution in [2.24, 2.45) is 5.92 Å². The quantitative estimate of drug-likeness (QED) is 0.191. The number of nitrogens with zero attached hydrogens (tertiary/aromatic N) is 3. The summed E-state index contributed by atoms with van der Waals surface area (Å²) in [6.45, 7) is 0. The van der Waals surface area contributed by atoms with Crippen LogP contribution in [0.4, 0.5) is 17.1 Å². The van der Waals surface area contributed by atoms with Crippen molar-refractivity contribution in [1.82, 2.24) is 4.57 Å². The van der Waals surface area contributed by atoms with Crippen LogP contribution in [0.25, 0.3) is 34.3 Å². The topological polar surface area (TPSA) is 11.4 Å². The van der Waals surface area contributed by atoms with Crippen molar-refractivity contribution in [2.45, 2.75) is 43.7 Å². The normalized spacial score (nSPS) is 23.9. The van der Waals surface area contributed by atoms with Gasteiger partial charge in [-0.2, -0.15) is 0 Å². The van der Waals surface area contributed by atoms with Gasteiger partial charge < -0.3 is 14.4 Å². The van der Waals surface area contributed by atoms with Crippen LogP contribution in [0.3, 0.4) is 0 Å². The third-order valence-electron chi connectivity index (χ3n) is 11.9. The van der Waals surface area contributed by atoms with Gasteiger partial charge in [0.05, 0.1) is 17.6 Å². The van der Waals surface area contributed by atoms with Gasteiger partial charge in [-0.25, -0.2) is 0 Å². The molecule has 4 aliphatic carbocycles. The molecule has 5 aromatic rings. The van der Waals surface area contributed by atoms with Crippen LogP contribution in [-0.4, -0.2) is 16.7 Å². The second-order valence-corrected chi connectivity index (χ2v) is 14.6. The summed E-state index contributed by atoms with van der Waals surface area (Å²) in [6.07, 6.45) is 28.8. The van der Waals surface area contributed by atoms with Gasteiger partial charge in [0.25, 0.3) is 0 Å². The van der Waals surface area contributed by atoms with Gasteiger partial charge >= 0.3 is 0 Å². The maximum Gasteiger partial charge on any atom is 0.0634 e. The number of hydrogen-bond acceptors (Lipinski definition) is 2. The minimum Gasteiger partial charge on any atom is -0.334 e. The Morgan fingerprint density at radius 3 is 2.35 bits per heavy atom. The van der Waals surface area contributed by atoms with Crippen LogP contribution in [0.5, 0.6) is 0 Å². The molecule has 51 heavy (non-hydrogen) atoms. The van der Waals surface area contributed by atoms with Crippen LogP contribution >= 0.6 is 0 Å². The molecule has 0 bridgehead atoms. The Hall–Kier alpha value is -5.80. The van der Waals surface area contributed by atoms with Crippen LogP contribution in [0.2, 0.25) is 0 Å². The maximum absolute atomic E-state index is 2.62. The van der Waals surface area contributed by atoms with E-state index in [4.69, 9.17) is 0 Å². The molecule has 11 rings (SSSR count). The van der Waals surface area contributed by atoms with E-state index < -0.39 is 0 Å². The second kappa shape index (κ2) is 11.4. The Morgan fingerprint density at radius 2 is 1.45 bits per heavy atom. The van der Waals surface area contributed by atoms with Gasteiger partial charge in [-0.05, 0) is 84.9 Å². The van der Waals surface area contributed by atoms with E-state index in [0.717, 1.165) is 25.7 Å². The van der Waals surface area contributed by atoms with E-state index in [1.165, 1.54) is 72.2 Å². The Morgan fingerprint density at radius 1 is 0.627 bits per heavy atom. The highest BCUT2D eigenvalue weighted by Gasteiger charge is 2.42. The fourth-order valence-corrected chi connectivity index (χ4v) is 9.71. The summed E-state index contributed by atoms with van der Waals surface area (Å²) in [7, 11) is 0. The minimum absolute atomic E-state index is 0.253. The summed E-state index contributed by atoms with van der Waals surface area (Å²) in [5.41, 5.74) is 13.4. The summed E-state index contributed by atoms with van der Waals surface area (Å²) >= 11 is 0. The first-order chi connectivity index (χ1) is 25.3. The first kappa shape index (κ1) is 29.0. The molecule has 0 spiro atoms. The van der Waals surface area contributed by atoms with Gasteiger partial charge in [0.15, 0.2) is 0 Å². The van der Waals surface area contributed by atoms with Gasteiger partial charge in [0, 0.05) is 61.8 Å². The van der Waals surface area contributed by atoms with Gasteiger partial charge in [0.2, 0.25) is 0 Å². The lowest BCUT2D eigenvalue weighted by Crippen LogP contribution is -2.35. The number of fused-ring (bicyclic) bond motifs is 9. The van der Waals surface area contributed by atoms with Crippen molar-refractivity contribution in [3.05, 3.63) is 185 Å². The molecule has 0 amide bonds. The highest BCUT2D eigenvalue weighted by atomic mass is 15.2. The number of rotatable bonds is 4. The molecule has 3 heteroatoms. The number of anilines is 3. The Labute approximate surface area is 299 Å². The summed E-state index contributed by atoms with van der Waals surface area (Å²) in [5.74, 6) is 0.658. The Bertz CT molecular complexity index is 2570. The largest absolute Gasteiger partial charge is 0.334 e. The van der Waals surface area contributed by atoms with Crippen LogP contribution in [0.15, 0.2) is 163 Å². The zero-order valence-corrected chi connectivity index (χ0v) is 28.6. The van der Waals surface area contributed by atoms with Crippen molar-refractivity contribution in [3.63, 3.8) is 0 Å². The molecule has 0 saturated heterocycles. The standard InChI is InChI=1S/C48H39N3/c1-3-13-34(14-4-1)49-43-20-10-7-17-37(43)40-29-32(23-26-46(40)49)33-24-27-47-41(30-33)38-18-8-12-22-45(38)51(47)36-25-28-48-42(31-36)39-19-9-11-21-44(39)50(48)35-15-5-2-6-16-35/h2-3,5-22,24-27,29-32,41,47-48H,1,4,23,28H2. The van der Waals surface area contributed by atoms with Crippen molar-refractivity contribution >= 4 is 51.4 Å². The zero-order chi connectivity index (χ0) is 33.5. The van der Waals surface area contributed by atoms with Crippen molar-refractivity contribution < 1.29 is 0 Å². The molecule has 4 unspecified atom stereocenters. The molecule has 4 atom stereocenters. The van der Waals surface area contributed by atoms with Crippen LogP contribution in [-0.2, 0) is 0 Å². The van der Waals surface area contributed by atoms with Crippen LogP contribution in [0, 0.1) is 5.92 Å². The lowest BCUT2D eigenvalue weighted by molar-refractivity contribution is 0.700. The van der Waals surface area contributed by atoms with Gasteiger partial charge in [-0.3, -0.25) is 0 Å². The molecule has 3 heterocycles. The van der Waals surface area contributed by atoms with E-state index >= 15 is 0 Å². The molecule has 3 nitrogen and oxygen atoms in total. The molecular weight excluding hydrogens is 619 g/mol. The van der Waals surface area contributed by atoms with Gasteiger partial charge in [0.1, 0.15) is 0 Å².